The van der Waals surface area contributed by atoms with Crippen molar-refractivity contribution in [2.45, 2.75) is 33.7 Å². The molecule has 0 aliphatic rings. The van der Waals surface area contributed by atoms with E-state index in [0.29, 0.717) is 33.4 Å². The van der Waals surface area contributed by atoms with Crippen LogP contribution in [0.2, 0.25) is 0 Å². The first-order chi connectivity index (χ1) is 16.8. The summed E-state index contributed by atoms with van der Waals surface area (Å²) >= 11 is 0. The number of carbonyl (C=O) groups excluding carboxylic acids is 2. The van der Waals surface area contributed by atoms with Gasteiger partial charge in [-0.3, -0.25) is 20.3 Å². The highest BCUT2D eigenvalue weighted by Gasteiger charge is 2.18. The Kier molecular flexibility index (Phi) is 8.17. The van der Waals surface area contributed by atoms with Gasteiger partial charge in [0.2, 0.25) is 5.43 Å². The lowest BCUT2D eigenvalue weighted by molar-refractivity contribution is -0.138. The van der Waals surface area contributed by atoms with Gasteiger partial charge in [0.15, 0.2) is 0 Å². The summed E-state index contributed by atoms with van der Waals surface area (Å²) in [6.45, 7) is 7.22. The molecule has 0 fully saturated rings. The summed E-state index contributed by atoms with van der Waals surface area (Å²) in [5, 5.41) is 12.4. The number of allylic oxidation sites excluding steroid dienone is 2. The van der Waals surface area contributed by atoms with Crippen LogP contribution in [0.1, 0.15) is 43.6 Å². The summed E-state index contributed by atoms with van der Waals surface area (Å²) in [5.41, 5.74) is 4.12. The number of carbonyl (C=O) groups is 2. The van der Waals surface area contributed by atoms with Crippen molar-refractivity contribution < 1.29 is 19.5 Å². The second-order valence-corrected chi connectivity index (χ2v) is 8.07. The van der Waals surface area contributed by atoms with Crippen LogP contribution in [0.25, 0.3) is 22.3 Å². The number of fused-ring (bicyclic) bond motifs is 1. The third-order valence-corrected chi connectivity index (χ3v) is 5.07. The predicted molar refractivity (Wildman–Crippen MR) is 133 cm³/mol. The SMILES string of the molecule is CCOC(=O)/C(C)=C/C(=C\NO)c1cccc(-n2cc(C(=O)NC(C)C)c(=O)c3cccnc32)c1. The molecule has 0 unspecified atom stereocenters. The van der Waals surface area contributed by atoms with E-state index in [-0.39, 0.29) is 18.2 Å². The lowest BCUT2D eigenvalue weighted by atomic mass is 10.0. The first kappa shape index (κ1) is 25.4. The number of pyridine rings is 2. The molecule has 0 bridgehead atoms. The number of nitrogens with one attached hydrogen (secondary N) is 2. The summed E-state index contributed by atoms with van der Waals surface area (Å²) in [7, 11) is 0. The van der Waals surface area contributed by atoms with Crippen molar-refractivity contribution in [3.63, 3.8) is 0 Å². The molecule has 182 valence electrons. The number of rotatable bonds is 8. The van der Waals surface area contributed by atoms with E-state index in [1.165, 1.54) is 12.4 Å². The molecule has 0 spiro atoms. The van der Waals surface area contributed by atoms with Gasteiger partial charge < -0.3 is 14.6 Å². The van der Waals surface area contributed by atoms with Gasteiger partial charge in [-0.2, -0.15) is 0 Å². The van der Waals surface area contributed by atoms with E-state index in [1.807, 2.05) is 19.3 Å². The summed E-state index contributed by atoms with van der Waals surface area (Å²) in [4.78, 5) is 42.2. The van der Waals surface area contributed by atoms with Crippen molar-refractivity contribution in [2.75, 3.05) is 6.61 Å². The third-order valence-electron chi connectivity index (χ3n) is 5.07. The van der Waals surface area contributed by atoms with Gasteiger partial charge in [-0.05, 0) is 63.6 Å². The number of nitrogens with zero attached hydrogens (tertiary/aromatic N) is 2. The molecule has 0 aliphatic carbocycles. The molecule has 1 amide bonds. The van der Waals surface area contributed by atoms with Gasteiger partial charge in [0, 0.05) is 41.5 Å². The fourth-order valence-electron chi connectivity index (χ4n) is 3.51. The Balaban J connectivity index is 2.18. The molecule has 2 heterocycles. The summed E-state index contributed by atoms with van der Waals surface area (Å²) in [5.74, 6) is -0.942. The van der Waals surface area contributed by atoms with E-state index in [2.05, 4.69) is 10.3 Å². The van der Waals surface area contributed by atoms with Gasteiger partial charge in [0.25, 0.3) is 5.91 Å². The zero-order chi connectivity index (χ0) is 25.5. The van der Waals surface area contributed by atoms with Gasteiger partial charge in [0.05, 0.1) is 12.0 Å². The van der Waals surface area contributed by atoms with Crippen molar-refractivity contribution in [2.24, 2.45) is 0 Å². The maximum absolute atomic E-state index is 13.0. The molecule has 35 heavy (non-hydrogen) atoms. The molecule has 2 aromatic heterocycles. The average molecular weight is 477 g/mol. The predicted octanol–water partition coefficient (Wildman–Crippen LogP) is 3.35. The average Bonchev–Trinajstić information content (AvgIpc) is 2.84. The minimum Gasteiger partial charge on any atom is -0.463 e. The van der Waals surface area contributed by atoms with E-state index in [9.17, 15) is 19.6 Å². The zero-order valence-corrected chi connectivity index (χ0v) is 20.0. The van der Waals surface area contributed by atoms with Gasteiger partial charge >= 0.3 is 5.97 Å². The van der Waals surface area contributed by atoms with Crippen LogP contribution in [0.15, 0.2) is 71.4 Å². The Labute approximate surface area is 202 Å². The summed E-state index contributed by atoms with van der Waals surface area (Å²) < 4.78 is 6.70. The number of hydrogen-bond donors (Lipinski definition) is 3. The number of esters is 1. The van der Waals surface area contributed by atoms with Crippen molar-refractivity contribution in [1.82, 2.24) is 20.3 Å². The van der Waals surface area contributed by atoms with Crippen LogP contribution < -0.4 is 16.2 Å². The number of aromatic nitrogens is 2. The number of hydroxylamine groups is 1. The molecule has 0 saturated heterocycles. The molecule has 3 aromatic rings. The van der Waals surface area contributed by atoms with Crippen LogP contribution in [0.3, 0.4) is 0 Å². The second-order valence-electron chi connectivity index (χ2n) is 8.07. The van der Waals surface area contributed by atoms with Gasteiger partial charge in [-0.1, -0.05) is 12.1 Å². The van der Waals surface area contributed by atoms with Crippen LogP contribution in [0.4, 0.5) is 0 Å². The molecule has 0 atom stereocenters. The van der Waals surface area contributed by atoms with E-state index in [4.69, 9.17) is 4.74 Å². The number of hydrogen-bond acceptors (Lipinski definition) is 7. The number of ether oxygens (including phenoxy) is 1. The highest BCUT2D eigenvalue weighted by Crippen LogP contribution is 2.23. The van der Waals surface area contributed by atoms with Gasteiger partial charge in [-0.15, -0.1) is 0 Å². The van der Waals surface area contributed by atoms with Crippen molar-refractivity contribution in [3.05, 3.63) is 88.0 Å². The van der Waals surface area contributed by atoms with Crippen molar-refractivity contribution >= 4 is 28.5 Å². The van der Waals surface area contributed by atoms with E-state index in [1.54, 1.807) is 67.1 Å². The minimum atomic E-state index is -0.473. The zero-order valence-electron chi connectivity index (χ0n) is 20.0. The van der Waals surface area contributed by atoms with Gasteiger partial charge in [-0.25, -0.2) is 9.78 Å². The number of amides is 1. The number of benzene rings is 1. The lowest BCUT2D eigenvalue weighted by Gasteiger charge is -2.15. The fourth-order valence-corrected chi connectivity index (χ4v) is 3.51. The monoisotopic (exact) mass is 476 g/mol. The molecule has 9 heteroatoms. The van der Waals surface area contributed by atoms with E-state index < -0.39 is 17.3 Å². The van der Waals surface area contributed by atoms with Crippen LogP contribution in [0.5, 0.6) is 0 Å². The summed E-state index contributed by atoms with van der Waals surface area (Å²) in [6.07, 6.45) is 5.97. The Morgan fingerprint density at radius 2 is 2.00 bits per heavy atom. The second kappa shape index (κ2) is 11.3. The Morgan fingerprint density at radius 3 is 2.69 bits per heavy atom. The smallest absolute Gasteiger partial charge is 0.333 e. The molecular weight excluding hydrogens is 448 g/mol. The van der Waals surface area contributed by atoms with Crippen LogP contribution in [-0.4, -0.2) is 39.3 Å². The first-order valence-electron chi connectivity index (χ1n) is 11.1. The highest BCUT2D eigenvalue weighted by molar-refractivity contribution is 5.97. The topological polar surface area (TPSA) is 123 Å². The molecule has 3 N–H and O–H groups in total. The lowest BCUT2D eigenvalue weighted by Crippen LogP contribution is -2.34. The Morgan fingerprint density at radius 1 is 1.23 bits per heavy atom. The Bertz CT molecular complexity index is 1370. The van der Waals surface area contributed by atoms with E-state index in [0.717, 1.165) is 0 Å². The molecule has 0 saturated carbocycles. The van der Waals surface area contributed by atoms with Crippen LogP contribution in [-0.2, 0) is 9.53 Å². The first-order valence-corrected chi connectivity index (χ1v) is 11.1. The standard InChI is InChI=1S/C26H28N4O5/c1-5-35-26(33)17(4)12-19(14-28-34)18-8-6-9-20(13-18)30-15-22(25(32)29-16(2)3)23(31)21-10-7-11-27-24(21)30/h6-16,28,34H,5H2,1-4H3,(H,29,32)/b17-12+,19-14+. The maximum Gasteiger partial charge on any atom is 0.333 e. The van der Waals surface area contributed by atoms with E-state index >= 15 is 0 Å². The van der Waals surface area contributed by atoms with Crippen molar-refractivity contribution in [1.29, 1.82) is 0 Å². The minimum absolute atomic E-state index is 0.00422. The molecular formula is C26H28N4O5. The van der Waals surface area contributed by atoms with Crippen LogP contribution >= 0.6 is 0 Å². The molecule has 0 aliphatic heterocycles. The fraction of sp³-hybridized carbons (Fsp3) is 0.231. The quantitative estimate of drug-likeness (QED) is 0.197. The van der Waals surface area contributed by atoms with Gasteiger partial charge in [0.1, 0.15) is 11.2 Å². The summed E-state index contributed by atoms with van der Waals surface area (Å²) in [6, 6.07) is 10.3. The van der Waals surface area contributed by atoms with Crippen molar-refractivity contribution in [3.8, 4) is 5.69 Å². The Hall–Kier alpha value is -4.24. The normalized spacial score (nSPS) is 12.1. The molecule has 0 radical (unpaired) electrons. The maximum atomic E-state index is 13.0. The highest BCUT2D eigenvalue weighted by atomic mass is 16.5. The van der Waals surface area contributed by atoms with Crippen LogP contribution in [0, 0.1) is 0 Å². The molecule has 1 aromatic carbocycles. The third kappa shape index (κ3) is 5.82. The largest absolute Gasteiger partial charge is 0.463 e. The molecule has 9 nitrogen and oxygen atoms in total. The molecule has 3 rings (SSSR count).